The molecule has 2 rings (SSSR count). The molecule has 2 aromatic rings. The van der Waals surface area contributed by atoms with Crippen LogP contribution in [0, 0.1) is 16.2 Å². The van der Waals surface area contributed by atoms with Crippen LogP contribution in [0.4, 0.5) is 5.69 Å². The molecule has 0 aliphatic rings. The van der Waals surface area contributed by atoms with Crippen molar-refractivity contribution in [3.8, 4) is 6.07 Å². The van der Waals surface area contributed by atoms with E-state index >= 15 is 0 Å². The van der Waals surface area contributed by atoms with Gasteiger partial charge in [0, 0.05) is 6.54 Å². The molecule has 0 unspecified atom stereocenters. The van der Waals surface area contributed by atoms with Crippen LogP contribution in [0.1, 0.15) is 11.1 Å². The van der Waals surface area contributed by atoms with E-state index < -0.39 is 5.91 Å². The van der Waals surface area contributed by atoms with Gasteiger partial charge >= 0.3 is 0 Å². The number of benzene rings is 2. The summed E-state index contributed by atoms with van der Waals surface area (Å²) in [6.45, 7) is 0.342. The van der Waals surface area contributed by atoms with Crippen molar-refractivity contribution < 1.29 is 4.79 Å². The second kappa shape index (κ2) is 7.50. The minimum Gasteiger partial charge on any atom is -0.347 e. The second-order valence-electron chi connectivity index (χ2n) is 4.52. The first kappa shape index (κ1) is 15.1. The lowest BCUT2D eigenvalue weighted by atomic mass is 10.1. The Hall–Kier alpha value is -3.26. The molecule has 0 aliphatic heterocycles. The fourth-order valence-electron chi connectivity index (χ4n) is 1.86. The average Bonchev–Trinajstić information content (AvgIpc) is 2.58. The number of nitrogens with one attached hydrogen (secondary N) is 1. The van der Waals surface area contributed by atoms with E-state index in [0.29, 0.717) is 12.1 Å². The zero-order valence-corrected chi connectivity index (χ0v) is 11.7. The van der Waals surface area contributed by atoms with E-state index in [-0.39, 0.29) is 11.3 Å². The third kappa shape index (κ3) is 4.12. The molecule has 0 spiro atoms. The number of hydrogen-bond donors (Lipinski definition) is 1. The summed E-state index contributed by atoms with van der Waals surface area (Å²) in [4.78, 5) is 22.5. The molecule has 0 radical (unpaired) electrons. The summed E-state index contributed by atoms with van der Waals surface area (Å²) < 4.78 is 0. The molecule has 22 heavy (non-hydrogen) atoms. The zero-order valence-electron chi connectivity index (χ0n) is 11.7. The molecule has 1 amide bonds. The van der Waals surface area contributed by atoms with Crippen LogP contribution < -0.4 is 5.32 Å². The summed E-state index contributed by atoms with van der Waals surface area (Å²) >= 11 is 0. The van der Waals surface area contributed by atoms with Gasteiger partial charge in [-0.25, -0.2) is 0 Å². The molecule has 0 bridgehead atoms. The number of carbonyl (C=O) groups is 1. The monoisotopic (exact) mass is 291 g/mol. The lowest BCUT2D eigenvalue weighted by Gasteiger charge is -2.04. The topological polar surface area (TPSA) is 82.3 Å². The first-order valence-corrected chi connectivity index (χ1v) is 6.60. The van der Waals surface area contributed by atoms with Gasteiger partial charge in [0.15, 0.2) is 0 Å². The Morgan fingerprint density at radius 2 is 1.95 bits per heavy atom. The molecule has 0 heterocycles. The molecule has 0 aromatic heterocycles. The highest BCUT2D eigenvalue weighted by atomic mass is 16.3. The van der Waals surface area contributed by atoms with Crippen LogP contribution in [0.2, 0.25) is 0 Å². The predicted molar refractivity (Wildman–Crippen MR) is 83.8 cm³/mol. The van der Waals surface area contributed by atoms with Gasteiger partial charge in [-0.15, -0.1) is 4.91 Å². The molecule has 0 aliphatic carbocycles. The van der Waals surface area contributed by atoms with Crippen molar-refractivity contribution >= 4 is 17.7 Å². The van der Waals surface area contributed by atoms with Gasteiger partial charge in [-0.1, -0.05) is 42.5 Å². The average molecular weight is 291 g/mol. The van der Waals surface area contributed by atoms with Crippen molar-refractivity contribution in [1.82, 2.24) is 5.32 Å². The smallest absolute Gasteiger partial charge is 0.262 e. The fourth-order valence-corrected chi connectivity index (χ4v) is 1.86. The molecule has 0 saturated heterocycles. The van der Waals surface area contributed by atoms with Gasteiger partial charge in [0.2, 0.25) is 0 Å². The van der Waals surface area contributed by atoms with E-state index in [4.69, 9.17) is 5.26 Å². The Bertz CT molecular complexity index is 746. The molecule has 0 atom stereocenters. The lowest BCUT2D eigenvalue weighted by molar-refractivity contribution is -0.117. The summed E-state index contributed by atoms with van der Waals surface area (Å²) in [7, 11) is 0. The van der Waals surface area contributed by atoms with Gasteiger partial charge in [-0.2, -0.15) is 5.26 Å². The summed E-state index contributed by atoms with van der Waals surface area (Å²) in [5.74, 6) is -0.462. The van der Waals surface area contributed by atoms with Crippen LogP contribution >= 0.6 is 0 Å². The Labute approximate surface area is 127 Å². The molecular weight excluding hydrogens is 278 g/mol. The van der Waals surface area contributed by atoms with E-state index in [1.807, 2.05) is 36.4 Å². The highest BCUT2D eigenvalue weighted by molar-refractivity contribution is 6.01. The Kier molecular flexibility index (Phi) is 5.16. The molecule has 1 N–H and O–H groups in total. The SMILES string of the molecule is N#C/C(=C\c1cccc(N=O)c1)C(=O)NCc1ccccc1. The van der Waals surface area contributed by atoms with Crippen LogP contribution in [-0.2, 0) is 11.3 Å². The van der Waals surface area contributed by atoms with Gasteiger partial charge in [0.25, 0.3) is 5.91 Å². The molecular formula is C17H13N3O2. The van der Waals surface area contributed by atoms with Crippen LogP contribution in [-0.4, -0.2) is 5.91 Å². The minimum absolute atomic E-state index is 0.0287. The number of nitroso groups, excluding NO2 is 1. The third-order valence-electron chi connectivity index (χ3n) is 2.95. The van der Waals surface area contributed by atoms with Crippen LogP contribution in [0.5, 0.6) is 0 Å². The lowest BCUT2D eigenvalue weighted by Crippen LogP contribution is -2.23. The maximum absolute atomic E-state index is 12.0. The van der Waals surface area contributed by atoms with Gasteiger partial charge in [-0.05, 0) is 34.5 Å². The number of carbonyl (C=O) groups excluding carboxylic acids is 1. The number of hydrogen-bond acceptors (Lipinski definition) is 4. The van der Waals surface area contributed by atoms with Crippen LogP contribution in [0.3, 0.4) is 0 Å². The van der Waals surface area contributed by atoms with Crippen LogP contribution in [0.25, 0.3) is 6.08 Å². The van der Waals surface area contributed by atoms with Gasteiger partial charge in [-0.3, -0.25) is 4.79 Å². The van der Waals surface area contributed by atoms with E-state index in [0.717, 1.165) is 5.56 Å². The summed E-state index contributed by atoms with van der Waals surface area (Å²) in [5.41, 5.74) is 1.73. The van der Waals surface area contributed by atoms with E-state index in [1.165, 1.54) is 12.1 Å². The van der Waals surface area contributed by atoms with Crippen molar-refractivity contribution in [1.29, 1.82) is 5.26 Å². The van der Waals surface area contributed by atoms with E-state index in [1.54, 1.807) is 18.2 Å². The van der Waals surface area contributed by atoms with Crippen LogP contribution in [0.15, 0.2) is 65.3 Å². The Balaban J connectivity index is 2.10. The van der Waals surface area contributed by atoms with Gasteiger partial charge in [0.05, 0.1) is 0 Å². The minimum atomic E-state index is -0.462. The highest BCUT2D eigenvalue weighted by Crippen LogP contribution is 2.16. The summed E-state index contributed by atoms with van der Waals surface area (Å²) in [6, 6.07) is 17.7. The third-order valence-corrected chi connectivity index (χ3v) is 2.95. The second-order valence-corrected chi connectivity index (χ2v) is 4.52. The van der Waals surface area contributed by atoms with Crippen molar-refractivity contribution in [3.63, 3.8) is 0 Å². The largest absolute Gasteiger partial charge is 0.347 e. The van der Waals surface area contributed by atoms with Gasteiger partial charge in [0.1, 0.15) is 17.3 Å². The maximum atomic E-state index is 12.0. The number of nitrogens with zero attached hydrogens (tertiary/aromatic N) is 2. The number of amides is 1. The van der Waals surface area contributed by atoms with Crippen molar-refractivity contribution in [2.75, 3.05) is 0 Å². The molecule has 5 heteroatoms. The Morgan fingerprint density at radius 3 is 2.64 bits per heavy atom. The maximum Gasteiger partial charge on any atom is 0.262 e. The van der Waals surface area contributed by atoms with E-state index in [9.17, 15) is 9.70 Å². The molecule has 0 saturated carbocycles. The normalized spacial score (nSPS) is 10.6. The predicted octanol–water partition coefficient (Wildman–Crippen LogP) is 3.31. The molecule has 0 fully saturated rings. The van der Waals surface area contributed by atoms with Crippen molar-refractivity contribution in [3.05, 3.63) is 76.2 Å². The Morgan fingerprint density at radius 1 is 1.18 bits per heavy atom. The molecule has 108 valence electrons. The quantitative estimate of drug-likeness (QED) is 0.521. The highest BCUT2D eigenvalue weighted by Gasteiger charge is 2.08. The van der Waals surface area contributed by atoms with Gasteiger partial charge < -0.3 is 5.32 Å². The standard InChI is InChI=1S/C17H13N3O2/c18-11-15(9-14-7-4-8-16(10-14)20-22)17(21)19-12-13-5-2-1-3-6-13/h1-10H,12H2,(H,19,21)/b15-9+. The summed E-state index contributed by atoms with van der Waals surface area (Å²) in [6.07, 6.45) is 1.43. The van der Waals surface area contributed by atoms with E-state index in [2.05, 4.69) is 10.5 Å². The fraction of sp³-hybridized carbons (Fsp3) is 0.0588. The number of nitriles is 1. The summed E-state index contributed by atoms with van der Waals surface area (Å²) in [5, 5.41) is 14.6. The van der Waals surface area contributed by atoms with Crippen molar-refractivity contribution in [2.45, 2.75) is 6.54 Å². The molecule has 5 nitrogen and oxygen atoms in total. The zero-order chi connectivity index (χ0) is 15.8. The first-order valence-electron chi connectivity index (χ1n) is 6.60. The molecule has 2 aromatic carbocycles. The van der Waals surface area contributed by atoms with Crippen molar-refractivity contribution in [2.24, 2.45) is 5.18 Å². The first-order chi connectivity index (χ1) is 10.7. The number of rotatable bonds is 5.